The Hall–Kier alpha value is -3.78. The maximum absolute atomic E-state index is 13.7. The first-order valence-electron chi connectivity index (χ1n) is 14.1. The Kier molecular flexibility index (Phi) is 11.1. The topological polar surface area (TPSA) is 154 Å². The summed E-state index contributed by atoms with van der Waals surface area (Å²) in [5, 5.41) is 25.2. The molecule has 13 heteroatoms. The van der Waals surface area contributed by atoms with Crippen LogP contribution in [0.2, 0.25) is 0 Å². The number of aryl methyl sites for hydroxylation is 2. The van der Waals surface area contributed by atoms with Crippen molar-refractivity contribution in [2.75, 3.05) is 23.7 Å². The van der Waals surface area contributed by atoms with Gasteiger partial charge < -0.3 is 25.4 Å². The summed E-state index contributed by atoms with van der Waals surface area (Å²) in [5.74, 6) is -0.387. The highest BCUT2D eigenvalue weighted by Crippen LogP contribution is 2.35. The number of carbonyl (C=O) groups excluding carboxylic acids is 1. The van der Waals surface area contributed by atoms with Crippen LogP contribution in [0.1, 0.15) is 34.1 Å². The van der Waals surface area contributed by atoms with Gasteiger partial charge in [0.15, 0.2) is 0 Å². The normalized spacial score (nSPS) is 15.0. The van der Waals surface area contributed by atoms with Gasteiger partial charge in [-0.3, -0.25) is 13.9 Å². The lowest BCUT2D eigenvalue weighted by Gasteiger charge is -2.25. The average molecular weight is 687 g/mol. The van der Waals surface area contributed by atoms with E-state index < -0.39 is 22.2 Å². The molecule has 0 radical (unpaired) electrons. The van der Waals surface area contributed by atoms with Crippen molar-refractivity contribution < 1.29 is 28.2 Å². The predicted molar refractivity (Wildman–Crippen MR) is 173 cm³/mol. The van der Waals surface area contributed by atoms with E-state index in [9.17, 15) is 18.3 Å². The number of benzene rings is 2. The van der Waals surface area contributed by atoms with Crippen molar-refractivity contribution in [3.05, 3.63) is 93.8 Å². The zero-order valence-electron chi connectivity index (χ0n) is 24.5. The van der Waals surface area contributed by atoms with Gasteiger partial charge >= 0.3 is 0 Å². The molecule has 1 aliphatic heterocycles. The van der Waals surface area contributed by atoms with E-state index >= 15 is 0 Å². The number of hydrogen-bond donors (Lipinski definition) is 4. The first-order valence-corrected chi connectivity index (χ1v) is 16.5. The summed E-state index contributed by atoms with van der Waals surface area (Å²) in [6.07, 6.45) is 2.26. The molecule has 4 N–H and O–H groups in total. The second-order valence-electron chi connectivity index (χ2n) is 10.4. The largest absolute Gasteiger partial charge is 0.483 e. The predicted octanol–water partition coefficient (Wildman–Crippen LogP) is 3.33. The van der Waals surface area contributed by atoms with Gasteiger partial charge in [-0.1, -0.05) is 43.3 Å². The Bertz CT molecular complexity index is 1710. The fourth-order valence-corrected chi connectivity index (χ4v) is 6.78. The molecule has 0 spiro atoms. The number of aliphatic hydroxyl groups is 1. The molecule has 2 atom stereocenters. The Morgan fingerprint density at radius 3 is 2.57 bits per heavy atom. The number of aromatic nitrogens is 2. The van der Waals surface area contributed by atoms with Crippen LogP contribution in [-0.4, -0.2) is 72.1 Å². The van der Waals surface area contributed by atoms with E-state index in [0.717, 1.165) is 38.7 Å². The van der Waals surface area contributed by atoms with Crippen molar-refractivity contribution in [1.82, 2.24) is 20.2 Å². The van der Waals surface area contributed by atoms with Gasteiger partial charge in [-0.2, -0.15) is 0 Å². The summed E-state index contributed by atoms with van der Waals surface area (Å²) in [4.78, 5) is 26.5. The summed E-state index contributed by atoms with van der Waals surface area (Å²) in [6, 6.07) is 18.2. The summed E-state index contributed by atoms with van der Waals surface area (Å²) in [6.45, 7) is 2.84. The van der Waals surface area contributed by atoms with Gasteiger partial charge in [0.05, 0.1) is 34.8 Å². The van der Waals surface area contributed by atoms with Crippen LogP contribution in [0, 0.1) is 0 Å². The summed E-state index contributed by atoms with van der Waals surface area (Å²) < 4.78 is 29.8. The average Bonchev–Trinajstić information content (AvgIpc) is 3.33. The molecule has 11 nitrogen and oxygen atoms in total. The van der Waals surface area contributed by atoms with Gasteiger partial charge in [0.1, 0.15) is 4.60 Å². The van der Waals surface area contributed by atoms with Crippen molar-refractivity contribution in [3.63, 3.8) is 0 Å². The highest BCUT2D eigenvalue weighted by Gasteiger charge is 2.29. The lowest BCUT2D eigenvalue weighted by Crippen LogP contribution is -2.48. The lowest BCUT2D eigenvalue weighted by molar-refractivity contribution is -0.122. The molecule has 4 aromatic rings. The summed E-state index contributed by atoms with van der Waals surface area (Å²) in [7, 11) is -2.00. The minimum absolute atomic E-state index is 0.0135. The van der Waals surface area contributed by atoms with Crippen LogP contribution < -0.4 is 14.9 Å². The third-order valence-corrected chi connectivity index (χ3v) is 9.71. The number of halogens is 1. The number of amides is 1. The highest BCUT2D eigenvalue weighted by molar-refractivity contribution is 9.10. The lowest BCUT2D eigenvalue weighted by atomic mass is 9.99. The Balaban J connectivity index is 0.00000141. The number of anilines is 1. The van der Waals surface area contributed by atoms with Crippen molar-refractivity contribution in [3.8, 4) is 0 Å². The van der Waals surface area contributed by atoms with E-state index in [2.05, 4.69) is 31.5 Å². The molecule has 44 heavy (non-hydrogen) atoms. The van der Waals surface area contributed by atoms with E-state index in [1.165, 1.54) is 11.4 Å². The number of pyridine rings is 1. The van der Waals surface area contributed by atoms with Gasteiger partial charge in [-0.25, -0.2) is 13.4 Å². The molecule has 0 aliphatic carbocycles. The molecule has 3 heterocycles. The Morgan fingerprint density at radius 1 is 1.16 bits per heavy atom. The molecule has 0 saturated carbocycles. The SMILES string of the molecule is CCc1cn2c3c(cc(C(=O)N[C@@H](Cc4ccccc4)[C@H](O)CNCc4cccc(Br)n4)cc13)N(C)S(=O)(=O)CC2.O=CO. The van der Waals surface area contributed by atoms with Gasteiger partial charge in [0.25, 0.3) is 12.4 Å². The molecule has 0 unspecified atom stereocenters. The number of sulfonamides is 1. The monoisotopic (exact) mass is 685 g/mol. The van der Waals surface area contributed by atoms with Crippen molar-refractivity contribution >= 4 is 54.9 Å². The molecule has 0 fully saturated rings. The van der Waals surface area contributed by atoms with E-state index in [1.54, 1.807) is 6.07 Å². The van der Waals surface area contributed by atoms with Crippen molar-refractivity contribution in [2.24, 2.45) is 0 Å². The first-order chi connectivity index (χ1) is 21.1. The van der Waals surface area contributed by atoms with Crippen LogP contribution in [0.4, 0.5) is 5.69 Å². The van der Waals surface area contributed by atoms with Crippen LogP contribution in [-0.2, 0) is 40.7 Å². The molecule has 5 rings (SSSR count). The number of nitrogens with one attached hydrogen (secondary N) is 2. The number of hydrogen-bond acceptors (Lipinski definition) is 7. The van der Waals surface area contributed by atoms with Gasteiger partial charge in [0.2, 0.25) is 10.0 Å². The van der Waals surface area contributed by atoms with Crippen LogP contribution in [0.5, 0.6) is 0 Å². The van der Waals surface area contributed by atoms with E-state index in [1.807, 2.05) is 72.3 Å². The Labute approximate surface area is 265 Å². The second kappa shape index (κ2) is 14.8. The molecule has 2 aromatic carbocycles. The highest BCUT2D eigenvalue weighted by atomic mass is 79.9. The third-order valence-electron chi connectivity index (χ3n) is 7.54. The maximum Gasteiger partial charge on any atom is 0.290 e. The van der Waals surface area contributed by atoms with Crippen LogP contribution in [0.25, 0.3) is 10.9 Å². The minimum atomic E-state index is -3.53. The van der Waals surface area contributed by atoms with E-state index in [-0.39, 0.29) is 24.7 Å². The summed E-state index contributed by atoms with van der Waals surface area (Å²) in [5.41, 5.74) is 4.49. The number of nitrogens with zero attached hydrogens (tertiary/aromatic N) is 3. The number of aliphatic hydroxyl groups excluding tert-OH is 1. The molecule has 1 aliphatic rings. The number of carboxylic acid groups (broad SMARTS) is 1. The molecule has 234 valence electrons. The van der Waals surface area contributed by atoms with Gasteiger partial charge in [-0.15, -0.1) is 0 Å². The van der Waals surface area contributed by atoms with Crippen LogP contribution in [0.3, 0.4) is 0 Å². The molecule has 0 bridgehead atoms. The summed E-state index contributed by atoms with van der Waals surface area (Å²) >= 11 is 3.37. The van der Waals surface area contributed by atoms with Crippen molar-refractivity contribution in [2.45, 2.75) is 45.0 Å². The van der Waals surface area contributed by atoms with Crippen LogP contribution in [0.15, 0.2) is 71.5 Å². The van der Waals surface area contributed by atoms with E-state index in [4.69, 9.17) is 9.90 Å². The van der Waals surface area contributed by atoms with Gasteiger partial charge in [-0.05, 0) is 64.2 Å². The minimum Gasteiger partial charge on any atom is -0.483 e. The Morgan fingerprint density at radius 2 is 1.89 bits per heavy atom. The zero-order valence-corrected chi connectivity index (χ0v) is 26.9. The fourth-order valence-electron chi connectivity index (χ4n) is 5.26. The van der Waals surface area contributed by atoms with Crippen LogP contribution >= 0.6 is 15.9 Å². The third kappa shape index (κ3) is 7.83. The number of rotatable bonds is 10. The molecular weight excluding hydrogens is 650 g/mol. The fraction of sp³-hybridized carbons (Fsp3) is 0.323. The molecular formula is C31H36BrN5O6S. The van der Waals surface area contributed by atoms with Crippen molar-refractivity contribution in [1.29, 1.82) is 0 Å². The van der Waals surface area contributed by atoms with E-state index in [0.29, 0.717) is 30.8 Å². The smallest absolute Gasteiger partial charge is 0.290 e. The maximum atomic E-state index is 13.7. The molecule has 2 aromatic heterocycles. The quantitative estimate of drug-likeness (QED) is 0.146. The zero-order chi connectivity index (χ0) is 31.9. The molecule has 1 amide bonds. The standard InChI is InChI=1S/C30H34BrN5O4S.CH2O2/c1-3-21-19-36-12-13-41(39,40)35(2)26-16-22(15-24(21)29(26)36)30(38)34-25(14-20-8-5-4-6-9-20)27(37)18-32-17-23-10-7-11-28(31)33-23;2-1-3/h4-11,15-16,19,25,27,32,37H,3,12-14,17-18H2,1-2H3,(H,34,38);1H,(H,2,3)/t25-,27+;/m0./s1. The first kappa shape index (κ1) is 33.1. The second-order valence-corrected chi connectivity index (χ2v) is 13.3. The number of carbonyl (C=O) groups is 2. The molecule has 0 saturated heterocycles. The van der Waals surface area contributed by atoms with Gasteiger partial charge in [0, 0.05) is 43.8 Å².